The van der Waals surface area contributed by atoms with Crippen LogP contribution in [0.3, 0.4) is 0 Å². The van der Waals surface area contributed by atoms with Crippen LogP contribution in [-0.4, -0.2) is 19.3 Å². The van der Waals surface area contributed by atoms with Gasteiger partial charge in [0.15, 0.2) is 0 Å². The number of methoxy groups -OCH3 is 1. The predicted molar refractivity (Wildman–Crippen MR) is 68.4 cm³/mol. The summed E-state index contributed by atoms with van der Waals surface area (Å²) in [6, 6.07) is 6.81. The Labute approximate surface area is 103 Å². The van der Waals surface area contributed by atoms with Gasteiger partial charge >= 0.3 is 0 Å². The molecule has 2 atom stereocenters. The monoisotopic (exact) mass is 239 g/mol. The fourth-order valence-electron chi connectivity index (χ4n) is 1.85. The maximum absolute atomic E-state index is 13.6. The zero-order valence-corrected chi connectivity index (χ0v) is 10.9. The lowest BCUT2D eigenvalue weighted by atomic mass is 9.81. The molecule has 2 N–H and O–H groups in total. The Balaban J connectivity index is 2.68. The molecule has 0 spiro atoms. The van der Waals surface area contributed by atoms with Crippen LogP contribution in [-0.2, 0) is 11.2 Å². The first kappa shape index (κ1) is 14.1. The van der Waals surface area contributed by atoms with Gasteiger partial charge in [-0.15, -0.1) is 0 Å². The minimum absolute atomic E-state index is 0.178. The molecular weight excluding hydrogens is 217 g/mol. The molecule has 96 valence electrons. The first-order valence-corrected chi connectivity index (χ1v) is 5.98. The fourth-order valence-corrected chi connectivity index (χ4v) is 1.85. The van der Waals surface area contributed by atoms with Crippen molar-refractivity contribution in [2.75, 3.05) is 13.7 Å². The average Bonchev–Trinajstić information content (AvgIpc) is 2.28. The van der Waals surface area contributed by atoms with Gasteiger partial charge in [-0.3, -0.25) is 0 Å². The van der Waals surface area contributed by atoms with E-state index in [1.165, 1.54) is 6.07 Å². The van der Waals surface area contributed by atoms with Gasteiger partial charge in [-0.1, -0.05) is 25.1 Å². The van der Waals surface area contributed by atoms with Gasteiger partial charge in [0.2, 0.25) is 0 Å². The SMILES string of the molecule is COCCC(C)C(C)(N)Cc1ccccc1F. The van der Waals surface area contributed by atoms with Crippen molar-refractivity contribution in [3.63, 3.8) is 0 Å². The summed E-state index contributed by atoms with van der Waals surface area (Å²) in [5.74, 6) is 0.102. The molecule has 0 bridgehead atoms. The Morgan fingerprint density at radius 1 is 1.41 bits per heavy atom. The minimum atomic E-state index is -0.416. The minimum Gasteiger partial charge on any atom is -0.385 e. The molecule has 17 heavy (non-hydrogen) atoms. The topological polar surface area (TPSA) is 35.2 Å². The van der Waals surface area contributed by atoms with E-state index in [0.29, 0.717) is 18.6 Å². The smallest absolute Gasteiger partial charge is 0.126 e. The van der Waals surface area contributed by atoms with Crippen LogP contribution in [0.25, 0.3) is 0 Å². The van der Waals surface area contributed by atoms with Gasteiger partial charge < -0.3 is 10.5 Å². The molecule has 0 fully saturated rings. The third-order valence-electron chi connectivity index (χ3n) is 3.41. The van der Waals surface area contributed by atoms with Crippen LogP contribution in [0.4, 0.5) is 4.39 Å². The van der Waals surface area contributed by atoms with Gasteiger partial charge in [-0.05, 0) is 37.3 Å². The van der Waals surface area contributed by atoms with E-state index in [9.17, 15) is 4.39 Å². The highest BCUT2D eigenvalue weighted by Crippen LogP contribution is 2.23. The van der Waals surface area contributed by atoms with E-state index >= 15 is 0 Å². The van der Waals surface area contributed by atoms with Gasteiger partial charge in [-0.25, -0.2) is 4.39 Å². The van der Waals surface area contributed by atoms with E-state index in [1.54, 1.807) is 19.2 Å². The maximum Gasteiger partial charge on any atom is 0.126 e. The van der Waals surface area contributed by atoms with Crippen molar-refractivity contribution in [1.82, 2.24) is 0 Å². The Hall–Kier alpha value is -0.930. The molecule has 0 saturated heterocycles. The second kappa shape index (κ2) is 6.12. The quantitative estimate of drug-likeness (QED) is 0.828. The molecule has 1 aromatic rings. The third-order valence-corrected chi connectivity index (χ3v) is 3.41. The number of benzene rings is 1. The van der Waals surface area contributed by atoms with Crippen molar-refractivity contribution < 1.29 is 9.13 Å². The number of halogens is 1. The molecule has 0 heterocycles. The number of rotatable bonds is 6. The van der Waals surface area contributed by atoms with Crippen molar-refractivity contribution in [2.45, 2.75) is 32.2 Å². The summed E-state index contributed by atoms with van der Waals surface area (Å²) in [5, 5.41) is 0. The van der Waals surface area contributed by atoms with Crippen LogP contribution in [0.2, 0.25) is 0 Å². The Bertz CT molecular complexity index is 352. The first-order valence-electron chi connectivity index (χ1n) is 5.98. The Morgan fingerprint density at radius 3 is 2.65 bits per heavy atom. The summed E-state index contributed by atoms with van der Waals surface area (Å²) < 4.78 is 18.6. The van der Waals surface area contributed by atoms with Crippen LogP contribution >= 0.6 is 0 Å². The van der Waals surface area contributed by atoms with Crippen molar-refractivity contribution in [3.05, 3.63) is 35.6 Å². The molecule has 0 radical (unpaired) electrons. The molecule has 0 aliphatic rings. The van der Waals surface area contributed by atoms with Gasteiger partial charge in [0.1, 0.15) is 5.82 Å². The highest BCUT2D eigenvalue weighted by Gasteiger charge is 2.27. The summed E-state index contributed by atoms with van der Waals surface area (Å²) in [5.41, 5.74) is 6.55. The van der Waals surface area contributed by atoms with E-state index in [4.69, 9.17) is 10.5 Å². The van der Waals surface area contributed by atoms with Gasteiger partial charge in [0.25, 0.3) is 0 Å². The average molecular weight is 239 g/mol. The Kier molecular flexibility index (Phi) is 5.09. The maximum atomic E-state index is 13.6. The molecule has 0 aliphatic heterocycles. The summed E-state index contributed by atoms with van der Waals surface area (Å²) in [7, 11) is 1.68. The number of nitrogens with two attached hydrogens (primary N) is 1. The molecule has 0 saturated carbocycles. The molecule has 1 rings (SSSR count). The molecular formula is C14H22FNO. The van der Waals surface area contributed by atoms with Gasteiger partial charge in [-0.2, -0.15) is 0 Å². The van der Waals surface area contributed by atoms with Crippen LogP contribution in [0, 0.1) is 11.7 Å². The summed E-state index contributed by atoms with van der Waals surface area (Å²) in [4.78, 5) is 0. The largest absolute Gasteiger partial charge is 0.385 e. The number of ether oxygens (including phenoxy) is 1. The lowest BCUT2D eigenvalue weighted by molar-refractivity contribution is 0.159. The molecule has 2 nitrogen and oxygen atoms in total. The molecule has 2 unspecified atom stereocenters. The van der Waals surface area contributed by atoms with Crippen molar-refractivity contribution in [2.24, 2.45) is 11.7 Å². The van der Waals surface area contributed by atoms with Crippen LogP contribution in [0.15, 0.2) is 24.3 Å². The standard InChI is InChI=1S/C14H22FNO/c1-11(8-9-17-3)14(2,16)10-12-6-4-5-7-13(12)15/h4-7,11H,8-10,16H2,1-3H3. The lowest BCUT2D eigenvalue weighted by Gasteiger charge is -2.32. The van der Waals surface area contributed by atoms with Crippen LogP contribution < -0.4 is 5.73 Å². The van der Waals surface area contributed by atoms with Gasteiger partial charge in [0, 0.05) is 19.3 Å². The second-order valence-electron chi connectivity index (χ2n) is 4.96. The van der Waals surface area contributed by atoms with E-state index in [1.807, 2.05) is 13.0 Å². The summed E-state index contributed by atoms with van der Waals surface area (Å²) in [6.07, 6.45) is 1.43. The van der Waals surface area contributed by atoms with E-state index in [-0.39, 0.29) is 11.7 Å². The van der Waals surface area contributed by atoms with Crippen LogP contribution in [0.5, 0.6) is 0 Å². The van der Waals surface area contributed by atoms with Gasteiger partial charge in [0.05, 0.1) is 0 Å². The molecule has 0 aromatic heterocycles. The van der Waals surface area contributed by atoms with Crippen molar-refractivity contribution in [1.29, 1.82) is 0 Å². The van der Waals surface area contributed by atoms with Crippen molar-refractivity contribution >= 4 is 0 Å². The molecule has 0 aliphatic carbocycles. The number of hydrogen-bond donors (Lipinski definition) is 1. The summed E-state index contributed by atoms with van der Waals surface area (Å²) >= 11 is 0. The van der Waals surface area contributed by atoms with E-state index in [0.717, 1.165) is 6.42 Å². The fraction of sp³-hybridized carbons (Fsp3) is 0.571. The Morgan fingerprint density at radius 2 is 2.06 bits per heavy atom. The molecule has 3 heteroatoms. The van der Waals surface area contributed by atoms with E-state index < -0.39 is 5.54 Å². The lowest BCUT2D eigenvalue weighted by Crippen LogP contribution is -2.45. The predicted octanol–water partition coefficient (Wildman–Crippen LogP) is 2.76. The summed E-state index contributed by atoms with van der Waals surface area (Å²) in [6.45, 7) is 4.74. The highest BCUT2D eigenvalue weighted by molar-refractivity contribution is 5.20. The first-order chi connectivity index (χ1) is 7.97. The zero-order chi connectivity index (χ0) is 12.9. The normalized spacial score (nSPS) is 16.5. The number of hydrogen-bond acceptors (Lipinski definition) is 2. The van der Waals surface area contributed by atoms with Crippen molar-refractivity contribution in [3.8, 4) is 0 Å². The second-order valence-corrected chi connectivity index (χ2v) is 4.96. The zero-order valence-electron chi connectivity index (χ0n) is 10.9. The molecule has 0 amide bonds. The third kappa shape index (κ3) is 4.10. The highest BCUT2D eigenvalue weighted by atomic mass is 19.1. The van der Waals surface area contributed by atoms with E-state index in [2.05, 4.69) is 6.92 Å². The van der Waals surface area contributed by atoms with Crippen LogP contribution in [0.1, 0.15) is 25.8 Å². The molecule has 1 aromatic carbocycles.